The number of carbonyl (C=O) groups excluding carboxylic acids is 1. The van der Waals surface area contributed by atoms with E-state index < -0.39 is 28.2 Å². The summed E-state index contributed by atoms with van der Waals surface area (Å²) in [5.74, 6) is 0.904. The summed E-state index contributed by atoms with van der Waals surface area (Å²) >= 11 is 0. The number of ether oxygens (including phenoxy) is 1. The molecule has 0 saturated heterocycles. The van der Waals surface area contributed by atoms with Gasteiger partial charge in [0.15, 0.2) is 0 Å². The highest BCUT2D eigenvalue weighted by molar-refractivity contribution is 5.81. The third kappa shape index (κ3) is 1.62. The summed E-state index contributed by atoms with van der Waals surface area (Å²) in [6.07, 6.45) is 4.35. The number of aldehydes is 1. The van der Waals surface area contributed by atoms with Gasteiger partial charge in [-0.05, 0) is 43.3 Å². The van der Waals surface area contributed by atoms with Crippen LogP contribution in [-0.2, 0) is 4.79 Å². The van der Waals surface area contributed by atoms with Crippen molar-refractivity contribution < 1.29 is 19.1 Å². The number of rotatable bonds is 1. The molecule has 138 valence electrons. The van der Waals surface area contributed by atoms with Crippen molar-refractivity contribution in [2.75, 3.05) is 0 Å². The molecule has 1 aromatic heterocycles. The standard InChI is InChI=1S/C21H24O5/c1-11-5-14-12(17(24)25-11)6-15-20(10-22)9-19(20,4)16(23)13-7-18(2,3)8-21(13,15)26-14/h5-6,10,13,16,23H,7-9H2,1-4H3. The smallest absolute Gasteiger partial charge is 0.346 e. The first-order valence-corrected chi connectivity index (χ1v) is 9.29. The molecule has 3 fully saturated rings. The van der Waals surface area contributed by atoms with Gasteiger partial charge in [0.25, 0.3) is 0 Å². The Kier molecular flexibility index (Phi) is 2.71. The fraction of sp³-hybridized carbons (Fsp3) is 0.619. The lowest BCUT2D eigenvalue weighted by atomic mass is 9.62. The van der Waals surface area contributed by atoms with Crippen LogP contribution in [0.15, 0.2) is 20.9 Å². The van der Waals surface area contributed by atoms with Gasteiger partial charge in [-0.1, -0.05) is 20.8 Å². The normalized spacial score (nSPS) is 44.0. The average molecular weight is 356 g/mol. The first kappa shape index (κ1) is 16.3. The molecule has 5 unspecified atom stereocenters. The van der Waals surface area contributed by atoms with Gasteiger partial charge in [0.1, 0.15) is 29.0 Å². The molecule has 5 nitrogen and oxygen atoms in total. The van der Waals surface area contributed by atoms with Crippen molar-refractivity contribution in [1.82, 2.24) is 0 Å². The van der Waals surface area contributed by atoms with E-state index in [1.54, 1.807) is 13.0 Å². The molecule has 1 spiro atoms. The van der Waals surface area contributed by atoms with Gasteiger partial charge in [0.05, 0.1) is 11.5 Å². The van der Waals surface area contributed by atoms with Gasteiger partial charge < -0.3 is 19.1 Å². The van der Waals surface area contributed by atoms with E-state index in [4.69, 9.17) is 9.15 Å². The van der Waals surface area contributed by atoms with E-state index in [1.165, 1.54) is 0 Å². The second-order valence-corrected chi connectivity index (χ2v) is 9.75. The Labute approximate surface area is 152 Å². The monoisotopic (exact) mass is 356 g/mol. The summed E-state index contributed by atoms with van der Waals surface area (Å²) in [4.78, 5) is 24.6. The lowest BCUT2D eigenvalue weighted by Crippen LogP contribution is -2.57. The Balaban J connectivity index is 1.82. The van der Waals surface area contributed by atoms with Crippen LogP contribution in [0.1, 0.15) is 51.4 Å². The molecule has 1 N–H and O–H groups in total. The number of aliphatic hydroxyl groups excluding tert-OH is 1. The lowest BCUT2D eigenvalue weighted by Gasteiger charge is -2.50. The second-order valence-electron chi connectivity index (χ2n) is 9.75. The van der Waals surface area contributed by atoms with E-state index in [-0.39, 0.29) is 11.3 Å². The number of carbonyl (C=O) groups is 1. The van der Waals surface area contributed by atoms with Crippen molar-refractivity contribution in [1.29, 1.82) is 0 Å². The number of hydrogen-bond acceptors (Lipinski definition) is 5. The molecule has 0 bridgehead atoms. The number of fused-ring (bicyclic) bond motifs is 3. The van der Waals surface area contributed by atoms with Crippen molar-refractivity contribution in [3.05, 3.63) is 33.4 Å². The minimum absolute atomic E-state index is 0.0199. The van der Waals surface area contributed by atoms with Gasteiger partial charge in [-0.15, -0.1) is 0 Å². The lowest BCUT2D eigenvalue weighted by molar-refractivity contribution is -0.121. The summed E-state index contributed by atoms with van der Waals surface area (Å²) in [7, 11) is 0. The summed E-state index contributed by atoms with van der Waals surface area (Å²) in [6.45, 7) is 8.05. The van der Waals surface area contributed by atoms with Crippen LogP contribution in [-0.4, -0.2) is 23.1 Å². The molecule has 5 heteroatoms. The van der Waals surface area contributed by atoms with Gasteiger partial charge >= 0.3 is 5.63 Å². The molecule has 1 aliphatic heterocycles. The fourth-order valence-electron chi connectivity index (χ4n) is 6.27. The van der Waals surface area contributed by atoms with Crippen LogP contribution >= 0.6 is 0 Å². The van der Waals surface area contributed by atoms with Crippen LogP contribution in [0.4, 0.5) is 0 Å². The quantitative estimate of drug-likeness (QED) is 0.783. The average Bonchev–Trinajstić information content (AvgIpc) is 3.08. The van der Waals surface area contributed by atoms with Gasteiger partial charge in [-0.25, -0.2) is 4.79 Å². The molecule has 4 aliphatic rings. The summed E-state index contributed by atoms with van der Waals surface area (Å²) in [5.41, 5.74) is -1.18. The highest BCUT2D eigenvalue weighted by atomic mass is 16.5. The molecule has 5 atom stereocenters. The molecule has 26 heavy (non-hydrogen) atoms. The first-order chi connectivity index (χ1) is 12.1. The van der Waals surface area contributed by atoms with Gasteiger partial charge in [-0.2, -0.15) is 0 Å². The Morgan fingerprint density at radius 2 is 2.00 bits per heavy atom. The maximum atomic E-state index is 12.4. The fourth-order valence-corrected chi connectivity index (χ4v) is 6.27. The predicted molar refractivity (Wildman–Crippen MR) is 94.8 cm³/mol. The van der Waals surface area contributed by atoms with Gasteiger partial charge in [0.2, 0.25) is 0 Å². The van der Waals surface area contributed by atoms with Crippen LogP contribution in [0.3, 0.4) is 0 Å². The van der Waals surface area contributed by atoms with E-state index in [2.05, 4.69) is 13.8 Å². The SMILES string of the molecule is Cc1cc2c(c(=O)o1)C=C1C3(CC(C)(C)CC3C(O)C3(C)CC13C=O)O2. The minimum atomic E-state index is -0.752. The molecular formula is C21H24O5. The molecule has 0 amide bonds. The van der Waals surface area contributed by atoms with Crippen molar-refractivity contribution in [3.63, 3.8) is 0 Å². The third-order valence-electron chi connectivity index (χ3n) is 7.48. The Morgan fingerprint density at radius 1 is 1.27 bits per heavy atom. The Bertz CT molecular complexity index is 940. The molecule has 3 aliphatic carbocycles. The molecular weight excluding hydrogens is 332 g/mol. The molecule has 0 aromatic carbocycles. The largest absolute Gasteiger partial charge is 0.481 e. The van der Waals surface area contributed by atoms with Crippen molar-refractivity contribution in [2.24, 2.45) is 22.2 Å². The molecule has 2 heterocycles. The number of aliphatic hydroxyl groups is 1. The Hall–Kier alpha value is -1.88. The van der Waals surface area contributed by atoms with Gasteiger partial charge in [-0.3, -0.25) is 0 Å². The third-order valence-corrected chi connectivity index (χ3v) is 7.48. The highest BCUT2D eigenvalue weighted by Crippen LogP contribution is 2.79. The van der Waals surface area contributed by atoms with Crippen molar-refractivity contribution >= 4 is 12.4 Å². The van der Waals surface area contributed by atoms with Crippen LogP contribution in [0.2, 0.25) is 0 Å². The molecule has 0 radical (unpaired) electrons. The second kappa shape index (κ2) is 4.33. The molecule has 5 rings (SSSR count). The zero-order valence-electron chi connectivity index (χ0n) is 15.6. The number of hydrogen-bond donors (Lipinski definition) is 1. The van der Waals surface area contributed by atoms with Crippen molar-refractivity contribution in [3.8, 4) is 5.75 Å². The van der Waals surface area contributed by atoms with Crippen LogP contribution in [0.5, 0.6) is 5.75 Å². The Morgan fingerprint density at radius 3 is 2.69 bits per heavy atom. The summed E-state index contributed by atoms with van der Waals surface area (Å²) in [5, 5.41) is 11.2. The first-order valence-electron chi connectivity index (χ1n) is 9.29. The molecule has 3 saturated carbocycles. The summed E-state index contributed by atoms with van der Waals surface area (Å²) < 4.78 is 11.8. The topological polar surface area (TPSA) is 76.7 Å². The van der Waals surface area contributed by atoms with E-state index >= 15 is 0 Å². The zero-order valence-corrected chi connectivity index (χ0v) is 15.6. The van der Waals surface area contributed by atoms with Crippen molar-refractivity contribution in [2.45, 2.75) is 58.7 Å². The van der Waals surface area contributed by atoms with E-state index in [9.17, 15) is 14.7 Å². The zero-order chi connectivity index (χ0) is 18.7. The number of aryl methyl sites for hydroxylation is 1. The van der Waals surface area contributed by atoms with Crippen LogP contribution in [0.25, 0.3) is 6.08 Å². The van der Waals surface area contributed by atoms with Crippen LogP contribution < -0.4 is 10.4 Å². The predicted octanol–water partition coefficient (Wildman–Crippen LogP) is 2.87. The van der Waals surface area contributed by atoms with Crippen LogP contribution in [0, 0.1) is 29.1 Å². The minimum Gasteiger partial charge on any atom is -0.481 e. The van der Waals surface area contributed by atoms with Gasteiger partial charge in [0, 0.05) is 17.4 Å². The molecule has 1 aromatic rings. The van der Waals surface area contributed by atoms with E-state index in [0.717, 1.165) is 24.7 Å². The van der Waals surface area contributed by atoms with E-state index in [1.807, 2.05) is 13.0 Å². The summed E-state index contributed by atoms with van der Waals surface area (Å²) in [6, 6.07) is 1.74. The van der Waals surface area contributed by atoms with E-state index in [0.29, 0.717) is 23.5 Å². The highest BCUT2D eigenvalue weighted by Gasteiger charge is 2.81. The maximum absolute atomic E-state index is 12.4. The maximum Gasteiger partial charge on any atom is 0.346 e.